The number of nitrogens with zero attached hydrogens (tertiary/aromatic N) is 1. The van der Waals surface area contributed by atoms with Gasteiger partial charge in [0, 0.05) is 11.1 Å². The quantitative estimate of drug-likeness (QED) is 0.581. The van der Waals surface area contributed by atoms with Crippen molar-refractivity contribution in [3.8, 4) is 0 Å². The van der Waals surface area contributed by atoms with Crippen molar-refractivity contribution in [2.45, 2.75) is 4.90 Å². The van der Waals surface area contributed by atoms with Gasteiger partial charge in [-0.3, -0.25) is 4.98 Å². The van der Waals surface area contributed by atoms with Crippen LogP contribution < -0.4 is 0 Å². The van der Waals surface area contributed by atoms with Gasteiger partial charge >= 0.3 is 0 Å². The van der Waals surface area contributed by atoms with Gasteiger partial charge in [-0.1, -0.05) is 9.45 Å². The van der Waals surface area contributed by atoms with Crippen LogP contribution in [0.3, 0.4) is 0 Å². The first-order valence-electron chi connectivity index (χ1n) is 2.92. The predicted molar refractivity (Wildman–Crippen MR) is 46.3 cm³/mol. The Morgan fingerprint density at radius 3 is 3.20 bits per heavy atom. The van der Waals surface area contributed by atoms with Crippen LogP contribution in [0.5, 0.6) is 0 Å². The minimum atomic E-state index is -0.108. The molecule has 1 unspecified atom stereocenters. The number of hydrogen-bond donors (Lipinski definition) is 0. The van der Waals surface area contributed by atoms with E-state index in [-0.39, 0.29) is 9.45 Å². The molecule has 2 rings (SSSR count). The summed E-state index contributed by atoms with van der Waals surface area (Å²) in [6.45, 7) is 0. The van der Waals surface area contributed by atoms with E-state index in [1.807, 2.05) is 23.6 Å². The summed E-state index contributed by atoms with van der Waals surface area (Å²) in [4.78, 5) is 5.36. The van der Waals surface area contributed by atoms with Gasteiger partial charge in [-0.2, -0.15) is 0 Å². The molecule has 0 aliphatic carbocycles. The molecule has 0 spiro atoms. The monoisotopic (exact) mass is 167 g/mol. The number of hydrogen-bond acceptors (Lipinski definition) is 2. The molecule has 0 fully saturated rings. The first-order valence-corrected chi connectivity index (χ1v) is 5.13. The van der Waals surface area contributed by atoms with Crippen LogP contribution in [-0.2, 0) is 20.6 Å². The third-order valence-corrected chi connectivity index (χ3v) is 3.40. The largest absolute Gasteiger partial charge is 0.256 e. The zero-order chi connectivity index (χ0) is 6.97. The Morgan fingerprint density at radius 2 is 2.40 bits per heavy atom. The Kier molecular flexibility index (Phi) is 1.39. The molecule has 0 saturated carbocycles. The molecule has 0 N–H and O–H groups in total. The van der Waals surface area contributed by atoms with Crippen molar-refractivity contribution in [2.75, 3.05) is 0 Å². The summed E-state index contributed by atoms with van der Waals surface area (Å²) in [5.41, 5.74) is 1.04. The van der Waals surface area contributed by atoms with Gasteiger partial charge in [0.2, 0.25) is 0 Å². The average Bonchev–Trinajstić information content (AvgIpc) is 2.34. The van der Waals surface area contributed by atoms with E-state index in [1.165, 1.54) is 4.90 Å². The number of aromatic nitrogens is 1. The van der Waals surface area contributed by atoms with Crippen LogP contribution in [-0.4, -0.2) is 4.98 Å². The van der Waals surface area contributed by atoms with Crippen LogP contribution in [0.25, 0.3) is 6.08 Å². The summed E-state index contributed by atoms with van der Waals surface area (Å²) in [5, 5.41) is 2.02. The van der Waals surface area contributed by atoms with Gasteiger partial charge in [-0.25, -0.2) is 0 Å². The van der Waals surface area contributed by atoms with E-state index in [2.05, 4.69) is 4.98 Å². The highest BCUT2D eigenvalue weighted by Gasteiger charge is 2.07. The highest BCUT2D eigenvalue weighted by atomic mass is 32.8. The highest BCUT2D eigenvalue weighted by molar-refractivity contribution is 8.30. The zero-order valence-corrected chi connectivity index (χ0v) is 6.78. The topological polar surface area (TPSA) is 12.9 Å². The van der Waals surface area contributed by atoms with Crippen LogP contribution in [0.1, 0.15) is 5.69 Å². The second kappa shape index (κ2) is 2.25. The minimum Gasteiger partial charge on any atom is -0.256 e. The second-order valence-electron chi connectivity index (χ2n) is 1.99. The fourth-order valence-electron chi connectivity index (χ4n) is 0.898. The molecule has 0 bridgehead atoms. The van der Waals surface area contributed by atoms with E-state index in [0.29, 0.717) is 0 Å². The summed E-state index contributed by atoms with van der Waals surface area (Å²) in [6, 6.07) is 3.97. The molecule has 1 aliphatic rings. The van der Waals surface area contributed by atoms with Crippen molar-refractivity contribution in [3.05, 3.63) is 29.4 Å². The Balaban J connectivity index is 2.70. The fraction of sp³-hybridized carbons (Fsp3) is 0. The van der Waals surface area contributed by atoms with Crippen molar-refractivity contribution >= 4 is 26.7 Å². The second-order valence-corrected chi connectivity index (χ2v) is 4.37. The van der Waals surface area contributed by atoms with Crippen molar-refractivity contribution in [1.29, 1.82) is 0 Å². The molecule has 0 amide bonds. The fourth-order valence-corrected chi connectivity index (χ4v) is 2.43. The van der Waals surface area contributed by atoms with E-state index in [4.69, 9.17) is 11.2 Å². The summed E-state index contributed by atoms with van der Waals surface area (Å²) >= 11 is 5.16. The molecule has 0 radical (unpaired) electrons. The van der Waals surface area contributed by atoms with Crippen molar-refractivity contribution < 1.29 is 0 Å². The molecule has 2 heterocycles. The van der Waals surface area contributed by atoms with Gasteiger partial charge in [0.1, 0.15) is 0 Å². The third-order valence-electron chi connectivity index (χ3n) is 1.37. The maximum Gasteiger partial charge on any atom is 0.0777 e. The van der Waals surface area contributed by atoms with Gasteiger partial charge < -0.3 is 0 Å². The molecule has 0 saturated heterocycles. The molecule has 10 heavy (non-hydrogen) atoms. The van der Waals surface area contributed by atoms with Gasteiger partial charge in [0.25, 0.3) is 0 Å². The molecule has 50 valence electrons. The highest BCUT2D eigenvalue weighted by Crippen LogP contribution is 2.20. The van der Waals surface area contributed by atoms with Crippen molar-refractivity contribution in [1.82, 2.24) is 4.98 Å². The normalized spacial score (nSPS) is 21.0. The third kappa shape index (κ3) is 0.822. The maximum atomic E-state index is 5.16. The summed E-state index contributed by atoms with van der Waals surface area (Å²) in [5.74, 6) is 0. The van der Waals surface area contributed by atoms with Gasteiger partial charge in [0.05, 0.1) is 5.69 Å². The average molecular weight is 167 g/mol. The molecule has 1 aliphatic heterocycles. The molecule has 0 aromatic carbocycles. The number of pyridine rings is 1. The van der Waals surface area contributed by atoms with E-state index < -0.39 is 0 Å². The van der Waals surface area contributed by atoms with Crippen molar-refractivity contribution in [2.24, 2.45) is 0 Å². The minimum absolute atomic E-state index is 0.108. The maximum absolute atomic E-state index is 5.16. The molecule has 1 aromatic heterocycles. The first-order chi connectivity index (χ1) is 4.88. The summed E-state index contributed by atoms with van der Waals surface area (Å²) in [7, 11) is -0.108. The molecule has 1 nitrogen and oxygen atoms in total. The zero-order valence-electron chi connectivity index (χ0n) is 5.15. The Bertz CT molecular complexity index is 317. The number of rotatable bonds is 0. The van der Waals surface area contributed by atoms with Crippen LogP contribution in [0.4, 0.5) is 0 Å². The Morgan fingerprint density at radius 1 is 1.50 bits per heavy atom. The first kappa shape index (κ1) is 6.19. The number of fused-ring (bicyclic) bond motifs is 1. The SMILES string of the molecule is S=S1C=Cc2ncccc21. The van der Waals surface area contributed by atoms with Gasteiger partial charge in [-0.05, 0) is 34.8 Å². The van der Waals surface area contributed by atoms with E-state index in [9.17, 15) is 0 Å². The Labute approximate surface area is 66.4 Å². The molecule has 1 atom stereocenters. The summed E-state index contributed by atoms with van der Waals surface area (Å²) in [6.07, 6.45) is 3.78. The van der Waals surface area contributed by atoms with E-state index >= 15 is 0 Å². The van der Waals surface area contributed by atoms with Crippen LogP contribution in [0.2, 0.25) is 0 Å². The van der Waals surface area contributed by atoms with Crippen molar-refractivity contribution in [3.63, 3.8) is 0 Å². The lowest BCUT2D eigenvalue weighted by Crippen LogP contribution is -1.84. The van der Waals surface area contributed by atoms with E-state index in [1.54, 1.807) is 6.20 Å². The molecule has 1 aromatic rings. The molecular formula is C7H5NS2. The lowest BCUT2D eigenvalue weighted by Gasteiger charge is -1.94. The van der Waals surface area contributed by atoms with Crippen LogP contribution in [0.15, 0.2) is 28.6 Å². The predicted octanol–water partition coefficient (Wildman–Crippen LogP) is 1.50. The van der Waals surface area contributed by atoms with Gasteiger partial charge in [0.15, 0.2) is 0 Å². The van der Waals surface area contributed by atoms with Gasteiger partial charge in [-0.15, -0.1) is 0 Å². The molecule has 3 heteroatoms. The Hall–Kier alpha value is -0.540. The standard InChI is InChI=1S/C7H5NS2/c9-10-5-3-6-7(10)2-1-4-8-6/h1-5H. The van der Waals surface area contributed by atoms with Crippen LogP contribution >= 0.6 is 0 Å². The lowest BCUT2D eigenvalue weighted by molar-refractivity contribution is 1.21. The van der Waals surface area contributed by atoms with Crippen LogP contribution in [0, 0.1) is 0 Å². The summed E-state index contributed by atoms with van der Waals surface area (Å²) < 4.78 is 0. The molecular weight excluding hydrogens is 162 g/mol. The smallest absolute Gasteiger partial charge is 0.0777 e. The lowest BCUT2D eigenvalue weighted by atomic mass is 10.3. The van der Waals surface area contributed by atoms with E-state index in [0.717, 1.165) is 5.69 Å².